The second-order valence-corrected chi connectivity index (χ2v) is 8.30. The number of aryl methyl sites for hydroxylation is 2. The number of nitrogens with zero attached hydrogens (tertiary/aromatic N) is 3. The molecular weight excluding hydrogens is 308 g/mol. The van der Waals surface area contributed by atoms with E-state index >= 15 is 0 Å². The maximum Gasteiger partial charge on any atom is 0.252 e. The van der Waals surface area contributed by atoms with Crippen LogP contribution in [-0.4, -0.2) is 29.5 Å². The Morgan fingerprint density at radius 2 is 2.10 bits per heavy atom. The Bertz CT molecular complexity index is 716. The van der Waals surface area contributed by atoms with Gasteiger partial charge in [-0.3, -0.25) is 0 Å². The molecule has 0 unspecified atom stereocenters. The van der Waals surface area contributed by atoms with E-state index in [-0.39, 0.29) is 0 Å². The maximum absolute atomic E-state index is 12.2. The lowest BCUT2D eigenvalue weighted by molar-refractivity contribution is 0.566. The number of nitrogens with one attached hydrogen (secondary N) is 1. The van der Waals surface area contributed by atoms with E-state index < -0.39 is 10.0 Å². The topological polar surface area (TPSA) is 76.9 Å². The Morgan fingerprint density at radius 3 is 2.67 bits per heavy atom. The first-order valence-corrected chi connectivity index (χ1v) is 9.06. The van der Waals surface area contributed by atoms with E-state index in [4.69, 9.17) is 0 Å². The fraction of sp³-hybridized carbons (Fsp3) is 0.538. The lowest BCUT2D eigenvalue weighted by Crippen LogP contribution is -2.27. The molecule has 0 fully saturated rings. The number of rotatable bonds is 6. The molecule has 6 nitrogen and oxygen atoms in total. The van der Waals surface area contributed by atoms with E-state index in [1.807, 2.05) is 10.8 Å². The van der Waals surface area contributed by atoms with Crippen molar-refractivity contribution in [3.63, 3.8) is 0 Å². The molecule has 8 heteroatoms. The van der Waals surface area contributed by atoms with Gasteiger partial charge in [0.1, 0.15) is 5.82 Å². The van der Waals surface area contributed by atoms with E-state index in [9.17, 15) is 8.42 Å². The minimum atomic E-state index is -3.48. The van der Waals surface area contributed by atoms with Crippen LogP contribution < -0.4 is 4.72 Å². The molecule has 0 atom stereocenters. The van der Waals surface area contributed by atoms with E-state index in [1.165, 1.54) is 11.3 Å². The molecule has 0 spiro atoms. The van der Waals surface area contributed by atoms with Crippen LogP contribution in [0.4, 0.5) is 0 Å². The Hall–Kier alpha value is -1.25. The minimum absolute atomic E-state index is 0.301. The van der Waals surface area contributed by atoms with Gasteiger partial charge in [-0.1, -0.05) is 13.8 Å². The third-order valence-electron chi connectivity index (χ3n) is 3.01. The largest absolute Gasteiger partial charge is 0.333 e. The summed E-state index contributed by atoms with van der Waals surface area (Å²) in [6.07, 6.45) is 3.60. The molecule has 0 aliphatic rings. The Kier molecular flexibility index (Phi) is 4.80. The molecule has 2 aromatic heterocycles. The van der Waals surface area contributed by atoms with E-state index in [0.717, 1.165) is 10.8 Å². The van der Waals surface area contributed by atoms with Gasteiger partial charge in [0.05, 0.1) is 10.7 Å². The SMILES string of the molecule is Cc1nc(C)c(S(=O)(=O)NCCn2ccnc2C(C)C)s1. The summed E-state index contributed by atoms with van der Waals surface area (Å²) in [6.45, 7) is 8.53. The predicted octanol–water partition coefficient (Wildman–Crippen LogP) is 2.06. The van der Waals surface area contributed by atoms with Crippen molar-refractivity contribution in [2.24, 2.45) is 0 Å². The summed E-state index contributed by atoms with van der Waals surface area (Å²) in [5.41, 5.74) is 0.551. The maximum atomic E-state index is 12.2. The number of aromatic nitrogens is 3. The summed E-state index contributed by atoms with van der Waals surface area (Å²) in [7, 11) is -3.48. The molecule has 2 rings (SSSR count). The van der Waals surface area contributed by atoms with E-state index in [2.05, 4.69) is 28.5 Å². The van der Waals surface area contributed by atoms with Gasteiger partial charge in [-0.25, -0.2) is 23.1 Å². The molecule has 0 saturated heterocycles. The molecule has 0 aromatic carbocycles. The molecule has 0 amide bonds. The van der Waals surface area contributed by atoms with Crippen LogP contribution in [0, 0.1) is 13.8 Å². The number of hydrogen-bond acceptors (Lipinski definition) is 5. The van der Waals surface area contributed by atoms with Crippen molar-refractivity contribution in [2.75, 3.05) is 6.54 Å². The summed E-state index contributed by atoms with van der Waals surface area (Å²) in [4.78, 5) is 8.44. The first kappa shape index (κ1) is 16.1. The number of hydrogen-bond donors (Lipinski definition) is 1. The molecule has 2 aromatic rings. The summed E-state index contributed by atoms with van der Waals surface area (Å²) in [6, 6.07) is 0. The summed E-state index contributed by atoms with van der Waals surface area (Å²) in [5, 5.41) is 0.754. The van der Waals surface area contributed by atoms with Gasteiger partial charge in [0.2, 0.25) is 0 Å². The molecule has 0 radical (unpaired) electrons. The van der Waals surface area contributed by atoms with Gasteiger partial charge < -0.3 is 4.57 Å². The Morgan fingerprint density at radius 1 is 1.38 bits per heavy atom. The third-order valence-corrected chi connectivity index (χ3v) is 6.16. The van der Waals surface area contributed by atoms with Crippen LogP contribution in [0.1, 0.15) is 36.3 Å². The molecule has 0 aliphatic heterocycles. The van der Waals surface area contributed by atoms with Crippen molar-refractivity contribution in [3.05, 3.63) is 28.9 Å². The molecular formula is C13H20N4O2S2. The summed E-state index contributed by atoms with van der Waals surface area (Å²) >= 11 is 1.20. The van der Waals surface area contributed by atoms with Crippen LogP contribution in [0.3, 0.4) is 0 Å². The highest BCUT2D eigenvalue weighted by atomic mass is 32.2. The lowest BCUT2D eigenvalue weighted by atomic mass is 10.2. The molecule has 2 heterocycles. The number of thiazole rings is 1. The van der Waals surface area contributed by atoms with Gasteiger partial charge in [-0.15, -0.1) is 11.3 Å². The number of imidazole rings is 1. The van der Waals surface area contributed by atoms with Crippen LogP contribution in [0.15, 0.2) is 16.6 Å². The monoisotopic (exact) mass is 328 g/mol. The molecule has 1 N–H and O–H groups in total. The molecule has 0 bridgehead atoms. The molecule has 116 valence electrons. The Balaban J connectivity index is 2.03. The van der Waals surface area contributed by atoms with Gasteiger partial charge in [-0.2, -0.15) is 0 Å². The normalized spacial score (nSPS) is 12.2. The van der Waals surface area contributed by atoms with E-state index in [1.54, 1.807) is 20.0 Å². The van der Waals surface area contributed by atoms with Crippen LogP contribution >= 0.6 is 11.3 Å². The van der Waals surface area contributed by atoms with Crippen molar-refractivity contribution in [1.82, 2.24) is 19.3 Å². The standard InChI is InChI=1S/C13H20N4O2S2/c1-9(2)12-14-5-7-17(12)8-6-15-21(18,19)13-10(3)16-11(4)20-13/h5,7,9,15H,6,8H2,1-4H3. The third kappa shape index (κ3) is 3.69. The first-order chi connectivity index (χ1) is 9.81. The van der Waals surface area contributed by atoms with Crippen molar-refractivity contribution < 1.29 is 8.42 Å². The van der Waals surface area contributed by atoms with Crippen LogP contribution in [-0.2, 0) is 16.6 Å². The minimum Gasteiger partial charge on any atom is -0.333 e. The quantitative estimate of drug-likeness (QED) is 0.880. The van der Waals surface area contributed by atoms with Gasteiger partial charge in [0.15, 0.2) is 4.21 Å². The fourth-order valence-electron chi connectivity index (χ4n) is 2.14. The second-order valence-electron chi connectivity index (χ2n) is 5.14. The van der Waals surface area contributed by atoms with Crippen molar-refractivity contribution in [1.29, 1.82) is 0 Å². The second kappa shape index (κ2) is 6.25. The van der Waals surface area contributed by atoms with Gasteiger partial charge >= 0.3 is 0 Å². The zero-order valence-corrected chi connectivity index (χ0v) is 14.3. The fourth-order valence-corrected chi connectivity index (χ4v) is 4.69. The average Bonchev–Trinajstić information content (AvgIpc) is 2.96. The van der Waals surface area contributed by atoms with Crippen molar-refractivity contribution in [3.8, 4) is 0 Å². The van der Waals surface area contributed by atoms with Crippen LogP contribution in [0.25, 0.3) is 0 Å². The lowest BCUT2D eigenvalue weighted by Gasteiger charge is -2.11. The molecule has 21 heavy (non-hydrogen) atoms. The Labute approximate surface area is 129 Å². The van der Waals surface area contributed by atoms with E-state index in [0.29, 0.717) is 28.9 Å². The highest BCUT2D eigenvalue weighted by molar-refractivity contribution is 7.91. The van der Waals surface area contributed by atoms with Crippen LogP contribution in [0.5, 0.6) is 0 Å². The average molecular weight is 328 g/mol. The predicted molar refractivity (Wildman–Crippen MR) is 83.1 cm³/mol. The summed E-state index contributed by atoms with van der Waals surface area (Å²) in [5.74, 6) is 1.27. The molecule has 0 aliphatic carbocycles. The van der Waals surface area contributed by atoms with Gasteiger partial charge in [0.25, 0.3) is 10.0 Å². The van der Waals surface area contributed by atoms with Gasteiger partial charge in [0, 0.05) is 31.4 Å². The van der Waals surface area contributed by atoms with Crippen LogP contribution in [0.2, 0.25) is 0 Å². The van der Waals surface area contributed by atoms with Crippen molar-refractivity contribution in [2.45, 2.75) is 44.4 Å². The highest BCUT2D eigenvalue weighted by Crippen LogP contribution is 2.22. The molecule has 0 saturated carbocycles. The van der Waals surface area contributed by atoms with Crippen molar-refractivity contribution >= 4 is 21.4 Å². The zero-order chi connectivity index (χ0) is 15.6. The summed E-state index contributed by atoms with van der Waals surface area (Å²) < 4.78 is 29.4. The number of sulfonamides is 1. The van der Waals surface area contributed by atoms with Gasteiger partial charge in [-0.05, 0) is 13.8 Å². The highest BCUT2D eigenvalue weighted by Gasteiger charge is 2.20. The zero-order valence-electron chi connectivity index (χ0n) is 12.6. The smallest absolute Gasteiger partial charge is 0.252 e. The first-order valence-electron chi connectivity index (χ1n) is 6.76.